The lowest BCUT2D eigenvalue weighted by Crippen LogP contribution is -2.17. The van der Waals surface area contributed by atoms with E-state index in [1.165, 1.54) is 18.4 Å². The Morgan fingerprint density at radius 1 is 1.27 bits per heavy atom. The quantitative estimate of drug-likeness (QED) is 0.779. The van der Waals surface area contributed by atoms with Crippen LogP contribution in [0.15, 0.2) is 18.2 Å². The summed E-state index contributed by atoms with van der Waals surface area (Å²) in [7, 11) is 0. The Labute approximate surface area is 101 Å². The molecular formula is C12H15Cl2N. The molecule has 1 fully saturated rings. The molecule has 1 N–H and O–H groups in total. The molecule has 1 aliphatic rings. The molecule has 1 aliphatic carbocycles. The Kier molecular flexibility index (Phi) is 3.90. The molecule has 1 aromatic carbocycles. The maximum absolute atomic E-state index is 6.08. The van der Waals surface area contributed by atoms with Gasteiger partial charge in [-0.1, -0.05) is 29.3 Å². The van der Waals surface area contributed by atoms with Crippen LogP contribution in [0.1, 0.15) is 24.8 Å². The molecular weight excluding hydrogens is 229 g/mol. The molecule has 3 heteroatoms. The van der Waals surface area contributed by atoms with Gasteiger partial charge in [-0.05, 0) is 49.9 Å². The van der Waals surface area contributed by atoms with Gasteiger partial charge in [0, 0.05) is 16.1 Å². The number of halogens is 2. The van der Waals surface area contributed by atoms with Crippen molar-refractivity contribution in [3.63, 3.8) is 0 Å². The molecule has 15 heavy (non-hydrogen) atoms. The van der Waals surface area contributed by atoms with Crippen LogP contribution < -0.4 is 5.32 Å². The van der Waals surface area contributed by atoms with Gasteiger partial charge in [-0.3, -0.25) is 0 Å². The van der Waals surface area contributed by atoms with Crippen molar-refractivity contribution >= 4 is 23.2 Å². The lowest BCUT2D eigenvalue weighted by atomic mass is 10.1. The third-order valence-electron chi connectivity index (χ3n) is 2.65. The first-order chi connectivity index (χ1) is 7.25. The van der Waals surface area contributed by atoms with Crippen LogP contribution in [-0.2, 0) is 6.42 Å². The molecule has 0 radical (unpaired) electrons. The van der Waals surface area contributed by atoms with Gasteiger partial charge in [0.15, 0.2) is 0 Å². The summed E-state index contributed by atoms with van der Waals surface area (Å²) in [5.74, 6) is 0. The lowest BCUT2D eigenvalue weighted by Gasteiger charge is -2.05. The monoisotopic (exact) mass is 243 g/mol. The van der Waals surface area contributed by atoms with Crippen molar-refractivity contribution in [3.05, 3.63) is 33.8 Å². The molecule has 2 rings (SSSR count). The number of nitrogens with one attached hydrogen (secondary N) is 1. The zero-order chi connectivity index (χ0) is 10.7. The minimum absolute atomic E-state index is 0.708. The Morgan fingerprint density at radius 3 is 2.73 bits per heavy atom. The van der Waals surface area contributed by atoms with E-state index in [9.17, 15) is 0 Å². The fraction of sp³-hybridized carbons (Fsp3) is 0.500. The topological polar surface area (TPSA) is 12.0 Å². The van der Waals surface area contributed by atoms with Crippen molar-refractivity contribution in [3.8, 4) is 0 Å². The number of benzene rings is 1. The summed E-state index contributed by atoms with van der Waals surface area (Å²) in [6.07, 6.45) is 4.86. The van der Waals surface area contributed by atoms with Crippen molar-refractivity contribution in [2.24, 2.45) is 0 Å². The second-order valence-electron chi connectivity index (χ2n) is 4.07. The molecule has 1 saturated carbocycles. The minimum Gasteiger partial charge on any atom is -0.314 e. The van der Waals surface area contributed by atoms with E-state index in [1.807, 2.05) is 18.2 Å². The highest BCUT2D eigenvalue weighted by molar-refractivity contribution is 6.35. The van der Waals surface area contributed by atoms with Gasteiger partial charge in [0.2, 0.25) is 0 Å². The SMILES string of the molecule is Clc1ccc(CCCNC2CC2)c(Cl)c1. The average Bonchev–Trinajstić information content (AvgIpc) is 2.99. The summed E-state index contributed by atoms with van der Waals surface area (Å²) < 4.78 is 0. The van der Waals surface area contributed by atoms with Crippen LogP contribution in [0.25, 0.3) is 0 Å². The minimum atomic E-state index is 0.708. The van der Waals surface area contributed by atoms with Crippen molar-refractivity contribution in [2.75, 3.05) is 6.54 Å². The number of rotatable bonds is 5. The van der Waals surface area contributed by atoms with Gasteiger partial charge in [0.1, 0.15) is 0 Å². The fourth-order valence-corrected chi connectivity index (χ4v) is 2.10. The van der Waals surface area contributed by atoms with Gasteiger partial charge >= 0.3 is 0 Å². The Bertz CT molecular complexity index is 334. The zero-order valence-corrected chi connectivity index (χ0v) is 10.1. The van der Waals surface area contributed by atoms with Gasteiger partial charge in [0.25, 0.3) is 0 Å². The second-order valence-corrected chi connectivity index (χ2v) is 4.91. The van der Waals surface area contributed by atoms with Gasteiger partial charge in [-0.15, -0.1) is 0 Å². The smallest absolute Gasteiger partial charge is 0.0452 e. The van der Waals surface area contributed by atoms with E-state index in [0.29, 0.717) is 5.02 Å². The average molecular weight is 244 g/mol. The molecule has 0 unspecified atom stereocenters. The van der Waals surface area contributed by atoms with Crippen molar-refractivity contribution in [1.29, 1.82) is 0 Å². The highest BCUT2D eigenvalue weighted by atomic mass is 35.5. The number of hydrogen-bond acceptors (Lipinski definition) is 1. The third-order valence-corrected chi connectivity index (χ3v) is 3.24. The van der Waals surface area contributed by atoms with Crippen LogP contribution in [0.3, 0.4) is 0 Å². The predicted molar refractivity (Wildman–Crippen MR) is 65.8 cm³/mol. The number of aryl methyl sites for hydroxylation is 1. The molecule has 0 bridgehead atoms. The largest absolute Gasteiger partial charge is 0.314 e. The van der Waals surface area contributed by atoms with E-state index >= 15 is 0 Å². The van der Waals surface area contributed by atoms with Crippen LogP contribution in [-0.4, -0.2) is 12.6 Å². The first kappa shape index (κ1) is 11.3. The molecule has 0 amide bonds. The van der Waals surface area contributed by atoms with Crippen LogP contribution in [0, 0.1) is 0 Å². The molecule has 1 nitrogen and oxygen atoms in total. The summed E-state index contributed by atoms with van der Waals surface area (Å²) >= 11 is 11.9. The van der Waals surface area contributed by atoms with Gasteiger partial charge in [-0.25, -0.2) is 0 Å². The van der Waals surface area contributed by atoms with Gasteiger partial charge in [-0.2, -0.15) is 0 Å². The summed E-state index contributed by atoms with van der Waals surface area (Å²) in [5.41, 5.74) is 1.19. The second kappa shape index (κ2) is 5.20. The third kappa shape index (κ3) is 3.67. The molecule has 0 saturated heterocycles. The molecule has 82 valence electrons. The molecule has 0 atom stereocenters. The Hall–Kier alpha value is -0.240. The van der Waals surface area contributed by atoms with Crippen molar-refractivity contribution in [1.82, 2.24) is 5.32 Å². The normalized spacial score (nSPS) is 15.6. The van der Waals surface area contributed by atoms with E-state index in [4.69, 9.17) is 23.2 Å². The Balaban J connectivity index is 1.76. The number of hydrogen-bond donors (Lipinski definition) is 1. The Morgan fingerprint density at radius 2 is 2.07 bits per heavy atom. The molecule has 1 aromatic rings. The van der Waals surface area contributed by atoms with Crippen LogP contribution in [0.2, 0.25) is 10.0 Å². The van der Waals surface area contributed by atoms with Crippen molar-refractivity contribution < 1.29 is 0 Å². The lowest BCUT2D eigenvalue weighted by molar-refractivity contribution is 0.645. The first-order valence-electron chi connectivity index (χ1n) is 5.43. The maximum atomic E-state index is 6.08. The van der Waals surface area contributed by atoms with Crippen LogP contribution >= 0.6 is 23.2 Å². The molecule has 0 aliphatic heterocycles. The van der Waals surface area contributed by atoms with Gasteiger partial charge in [0.05, 0.1) is 0 Å². The first-order valence-corrected chi connectivity index (χ1v) is 6.18. The predicted octanol–water partition coefficient (Wildman–Crippen LogP) is 3.68. The van der Waals surface area contributed by atoms with E-state index in [1.54, 1.807) is 0 Å². The summed E-state index contributed by atoms with van der Waals surface area (Å²) in [5, 5.41) is 4.98. The highest BCUT2D eigenvalue weighted by Gasteiger charge is 2.19. The maximum Gasteiger partial charge on any atom is 0.0452 e. The summed E-state index contributed by atoms with van der Waals surface area (Å²) in [4.78, 5) is 0. The van der Waals surface area contributed by atoms with Crippen LogP contribution in [0.4, 0.5) is 0 Å². The van der Waals surface area contributed by atoms with Gasteiger partial charge < -0.3 is 5.32 Å². The van der Waals surface area contributed by atoms with E-state index < -0.39 is 0 Å². The van der Waals surface area contributed by atoms with E-state index in [0.717, 1.165) is 30.5 Å². The molecule has 0 spiro atoms. The van der Waals surface area contributed by atoms with E-state index in [2.05, 4.69) is 5.32 Å². The molecule has 0 heterocycles. The summed E-state index contributed by atoms with van der Waals surface area (Å²) in [6, 6.07) is 6.52. The zero-order valence-electron chi connectivity index (χ0n) is 8.60. The fourth-order valence-electron chi connectivity index (χ4n) is 1.60. The van der Waals surface area contributed by atoms with Crippen molar-refractivity contribution in [2.45, 2.75) is 31.7 Å². The van der Waals surface area contributed by atoms with Crippen LogP contribution in [0.5, 0.6) is 0 Å². The summed E-state index contributed by atoms with van der Waals surface area (Å²) in [6.45, 7) is 1.09. The highest BCUT2D eigenvalue weighted by Crippen LogP contribution is 2.22. The van der Waals surface area contributed by atoms with E-state index in [-0.39, 0.29) is 0 Å². The standard InChI is InChI=1S/C12H15Cl2N/c13-10-4-3-9(12(14)8-10)2-1-7-15-11-5-6-11/h3-4,8,11,15H,1-2,5-7H2. The molecule has 0 aromatic heterocycles.